The van der Waals surface area contributed by atoms with Crippen LogP contribution in [0.25, 0.3) is 22.1 Å². The SMILES string of the molecule is COC(=O)/C(=C(\O)c1ccc2ccccc2c1)c1c(C)cc(C)cc1C. The van der Waals surface area contributed by atoms with Gasteiger partial charge in [0.15, 0.2) is 0 Å². The third-order valence-electron chi connectivity index (χ3n) is 4.58. The van der Waals surface area contributed by atoms with Gasteiger partial charge in [-0.3, -0.25) is 0 Å². The number of benzene rings is 3. The first-order valence-electron chi connectivity index (χ1n) is 8.51. The van der Waals surface area contributed by atoms with Crippen LogP contribution in [0.1, 0.15) is 27.8 Å². The molecule has 0 fully saturated rings. The Morgan fingerprint density at radius 3 is 2.12 bits per heavy atom. The zero-order valence-electron chi connectivity index (χ0n) is 15.5. The van der Waals surface area contributed by atoms with E-state index in [2.05, 4.69) is 0 Å². The third kappa shape index (κ3) is 3.21. The fourth-order valence-corrected chi connectivity index (χ4v) is 3.47. The second-order valence-electron chi connectivity index (χ2n) is 6.55. The van der Waals surface area contributed by atoms with Gasteiger partial charge in [0.25, 0.3) is 0 Å². The van der Waals surface area contributed by atoms with Crippen molar-refractivity contribution in [3.63, 3.8) is 0 Å². The molecule has 0 aliphatic heterocycles. The fraction of sp³-hybridized carbons (Fsp3) is 0.174. The summed E-state index contributed by atoms with van der Waals surface area (Å²) in [4.78, 5) is 12.5. The summed E-state index contributed by atoms with van der Waals surface area (Å²) in [6.07, 6.45) is 0. The summed E-state index contributed by atoms with van der Waals surface area (Å²) < 4.78 is 4.98. The quantitative estimate of drug-likeness (QED) is 0.300. The van der Waals surface area contributed by atoms with Crippen LogP contribution in [0.3, 0.4) is 0 Å². The molecule has 3 aromatic rings. The van der Waals surface area contributed by atoms with Crippen LogP contribution in [0.2, 0.25) is 0 Å². The second kappa shape index (κ2) is 7.04. The van der Waals surface area contributed by atoms with Gasteiger partial charge < -0.3 is 9.84 Å². The van der Waals surface area contributed by atoms with Gasteiger partial charge in [0, 0.05) is 5.56 Å². The third-order valence-corrected chi connectivity index (χ3v) is 4.58. The Labute approximate surface area is 153 Å². The first-order chi connectivity index (χ1) is 12.4. The van der Waals surface area contributed by atoms with E-state index in [9.17, 15) is 9.90 Å². The van der Waals surface area contributed by atoms with Crippen LogP contribution >= 0.6 is 0 Å². The molecular formula is C23H22O3. The number of hydrogen-bond donors (Lipinski definition) is 1. The molecule has 0 aliphatic carbocycles. The number of aryl methyl sites for hydroxylation is 3. The summed E-state index contributed by atoms with van der Waals surface area (Å²) in [5, 5.41) is 13.1. The van der Waals surface area contributed by atoms with Crippen molar-refractivity contribution in [3.05, 3.63) is 82.4 Å². The summed E-state index contributed by atoms with van der Waals surface area (Å²) in [7, 11) is 1.33. The van der Waals surface area contributed by atoms with Crippen molar-refractivity contribution < 1.29 is 14.6 Å². The summed E-state index contributed by atoms with van der Waals surface area (Å²) in [5.41, 5.74) is 4.46. The molecule has 0 heterocycles. The molecule has 0 aliphatic rings. The molecule has 0 bridgehead atoms. The van der Waals surface area contributed by atoms with Crippen LogP contribution in [0, 0.1) is 20.8 Å². The Bertz CT molecular complexity index is 1010. The molecule has 0 radical (unpaired) electrons. The van der Waals surface area contributed by atoms with E-state index in [0.29, 0.717) is 11.1 Å². The smallest absolute Gasteiger partial charge is 0.342 e. The molecule has 26 heavy (non-hydrogen) atoms. The maximum atomic E-state index is 12.5. The molecule has 3 aromatic carbocycles. The van der Waals surface area contributed by atoms with Crippen LogP contribution in [-0.2, 0) is 9.53 Å². The Balaban J connectivity index is 2.28. The molecule has 1 N–H and O–H groups in total. The number of ether oxygens (including phenoxy) is 1. The molecule has 3 heteroatoms. The average Bonchev–Trinajstić information content (AvgIpc) is 2.63. The number of esters is 1. The second-order valence-corrected chi connectivity index (χ2v) is 6.55. The number of aliphatic hydroxyl groups excluding tert-OH is 1. The van der Waals surface area contributed by atoms with Gasteiger partial charge in [-0.05, 0) is 54.3 Å². The molecular weight excluding hydrogens is 324 g/mol. The Kier molecular flexibility index (Phi) is 4.81. The molecule has 0 aromatic heterocycles. The van der Waals surface area contributed by atoms with E-state index in [1.807, 2.05) is 75.4 Å². The van der Waals surface area contributed by atoms with Gasteiger partial charge in [0.05, 0.1) is 7.11 Å². The molecule has 132 valence electrons. The van der Waals surface area contributed by atoms with Gasteiger partial charge in [-0.1, -0.05) is 54.1 Å². The highest BCUT2D eigenvalue weighted by atomic mass is 16.5. The van der Waals surface area contributed by atoms with Gasteiger partial charge in [-0.2, -0.15) is 0 Å². The van der Waals surface area contributed by atoms with E-state index in [-0.39, 0.29) is 11.3 Å². The Hall–Kier alpha value is -3.07. The van der Waals surface area contributed by atoms with Crippen LogP contribution < -0.4 is 0 Å². The first-order valence-corrected chi connectivity index (χ1v) is 8.51. The monoisotopic (exact) mass is 346 g/mol. The van der Waals surface area contributed by atoms with E-state index in [4.69, 9.17) is 4.74 Å². The first kappa shape index (κ1) is 17.7. The number of carbonyl (C=O) groups is 1. The van der Waals surface area contributed by atoms with E-state index in [1.54, 1.807) is 0 Å². The average molecular weight is 346 g/mol. The molecule has 0 saturated heterocycles. The number of carbonyl (C=O) groups excluding carboxylic acids is 1. The summed E-state index contributed by atoms with van der Waals surface area (Å²) in [6, 6.07) is 17.5. The molecule has 0 spiro atoms. The topological polar surface area (TPSA) is 46.5 Å². The van der Waals surface area contributed by atoms with Crippen molar-refractivity contribution in [2.75, 3.05) is 7.11 Å². The Morgan fingerprint density at radius 1 is 0.885 bits per heavy atom. The maximum Gasteiger partial charge on any atom is 0.342 e. The lowest BCUT2D eigenvalue weighted by molar-refractivity contribution is -0.133. The zero-order valence-corrected chi connectivity index (χ0v) is 15.5. The van der Waals surface area contributed by atoms with Crippen molar-refractivity contribution in [2.24, 2.45) is 0 Å². The molecule has 0 amide bonds. The van der Waals surface area contributed by atoms with Crippen LogP contribution in [0.15, 0.2) is 54.6 Å². The zero-order chi connectivity index (χ0) is 18.8. The maximum absolute atomic E-state index is 12.5. The number of methoxy groups -OCH3 is 1. The number of rotatable bonds is 3. The minimum atomic E-state index is -0.550. The predicted octanol–water partition coefficient (Wildman–Crippen LogP) is 5.36. The van der Waals surface area contributed by atoms with Gasteiger partial charge in [0.2, 0.25) is 0 Å². The summed E-state index contributed by atoms with van der Waals surface area (Å²) >= 11 is 0. The van der Waals surface area contributed by atoms with Gasteiger partial charge in [-0.15, -0.1) is 0 Å². The lowest BCUT2D eigenvalue weighted by atomic mass is 9.91. The van der Waals surface area contributed by atoms with Crippen LogP contribution in [0.4, 0.5) is 0 Å². The highest BCUT2D eigenvalue weighted by Gasteiger charge is 2.23. The van der Waals surface area contributed by atoms with Gasteiger partial charge in [-0.25, -0.2) is 4.79 Å². The minimum Gasteiger partial charge on any atom is -0.506 e. The standard InChI is InChI=1S/C23H22O3/c1-14-11-15(2)20(16(3)12-14)21(23(25)26-4)22(24)19-10-9-17-7-5-6-8-18(17)13-19/h5-13,24H,1-4H3/b22-21-. The van der Waals surface area contributed by atoms with Crippen LogP contribution in [-0.4, -0.2) is 18.2 Å². The fourth-order valence-electron chi connectivity index (χ4n) is 3.47. The number of aliphatic hydroxyl groups is 1. The van der Waals surface area contributed by atoms with Gasteiger partial charge >= 0.3 is 5.97 Å². The van der Waals surface area contributed by atoms with Crippen molar-refractivity contribution in [1.29, 1.82) is 0 Å². The predicted molar refractivity (Wildman–Crippen MR) is 106 cm³/mol. The molecule has 0 atom stereocenters. The van der Waals surface area contributed by atoms with Crippen molar-refractivity contribution in [2.45, 2.75) is 20.8 Å². The van der Waals surface area contributed by atoms with Crippen molar-refractivity contribution in [1.82, 2.24) is 0 Å². The largest absolute Gasteiger partial charge is 0.506 e. The normalized spacial score (nSPS) is 12.0. The highest BCUT2D eigenvalue weighted by Crippen LogP contribution is 2.32. The van der Waals surface area contributed by atoms with Crippen molar-refractivity contribution in [3.8, 4) is 0 Å². The molecule has 3 rings (SSSR count). The Morgan fingerprint density at radius 2 is 1.50 bits per heavy atom. The lowest BCUT2D eigenvalue weighted by Crippen LogP contribution is -2.10. The lowest BCUT2D eigenvalue weighted by Gasteiger charge is -2.16. The molecule has 0 saturated carbocycles. The molecule has 0 unspecified atom stereocenters. The highest BCUT2D eigenvalue weighted by molar-refractivity contribution is 6.24. The van der Waals surface area contributed by atoms with E-state index in [1.165, 1.54) is 7.11 Å². The minimum absolute atomic E-state index is 0.0716. The summed E-state index contributed by atoms with van der Waals surface area (Å²) in [5.74, 6) is -0.622. The van der Waals surface area contributed by atoms with E-state index < -0.39 is 5.97 Å². The van der Waals surface area contributed by atoms with Crippen LogP contribution in [0.5, 0.6) is 0 Å². The van der Waals surface area contributed by atoms with E-state index in [0.717, 1.165) is 27.5 Å². The van der Waals surface area contributed by atoms with E-state index >= 15 is 0 Å². The van der Waals surface area contributed by atoms with Gasteiger partial charge in [0.1, 0.15) is 11.3 Å². The number of hydrogen-bond acceptors (Lipinski definition) is 3. The number of fused-ring (bicyclic) bond motifs is 1. The summed E-state index contributed by atoms with van der Waals surface area (Å²) in [6.45, 7) is 5.88. The van der Waals surface area contributed by atoms with Crippen molar-refractivity contribution >= 4 is 28.1 Å². The molecule has 3 nitrogen and oxygen atoms in total.